The lowest BCUT2D eigenvalue weighted by molar-refractivity contribution is 0.459. The first-order valence-corrected chi connectivity index (χ1v) is 6.00. The van der Waals surface area contributed by atoms with Crippen LogP contribution in [-0.4, -0.2) is 17.0 Å². The van der Waals surface area contributed by atoms with Crippen molar-refractivity contribution < 1.29 is 4.74 Å². The molecule has 0 aliphatic heterocycles. The molecule has 1 aromatic heterocycles. The molecule has 0 saturated heterocycles. The molecule has 0 bridgehead atoms. The highest BCUT2D eigenvalue weighted by Gasteiger charge is 2.08. The van der Waals surface area contributed by atoms with Gasteiger partial charge in [0.2, 0.25) is 11.8 Å². The average molecular weight is 315 g/mol. The number of benzene rings is 1. The molecule has 0 spiro atoms. The minimum absolute atomic E-state index is 0.414. The molecule has 0 atom stereocenters. The SMILES string of the molecule is CNc1ncc(Br)c(Oc2ccccc2Cl)n1. The Kier molecular flexibility index (Phi) is 3.81. The van der Waals surface area contributed by atoms with E-state index in [-0.39, 0.29) is 0 Å². The summed E-state index contributed by atoms with van der Waals surface area (Å²) >= 11 is 9.32. The van der Waals surface area contributed by atoms with Crippen molar-refractivity contribution in [3.63, 3.8) is 0 Å². The topological polar surface area (TPSA) is 47.0 Å². The number of para-hydroxylation sites is 1. The van der Waals surface area contributed by atoms with Gasteiger partial charge in [-0.05, 0) is 28.1 Å². The molecule has 0 aliphatic rings. The Balaban J connectivity index is 2.32. The molecule has 1 heterocycles. The molecule has 0 aliphatic carbocycles. The zero-order valence-corrected chi connectivity index (χ0v) is 11.3. The predicted molar refractivity (Wildman–Crippen MR) is 70.8 cm³/mol. The van der Waals surface area contributed by atoms with Gasteiger partial charge >= 0.3 is 0 Å². The van der Waals surface area contributed by atoms with E-state index in [0.29, 0.717) is 27.1 Å². The fourth-order valence-corrected chi connectivity index (χ4v) is 1.62. The Morgan fingerprint density at radius 3 is 2.82 bits per heavy atom. The highest BCUT2D eigenvalue weighted by molar-refractivity contribution is 9.10. The number of rotatable bonds is 3. The summed E-state index contributed by atoms with van der Waals surface area (Å²) in [7, 11) is 1.74. The van der Waals surface area contributed by atoms with Crippen LogP contribution in [0.3, 0.4) is 0 Å². The van der Waals surface area contributed by atoms with Crippen LogP contribution < -0.4 is 10.1 Å². The van der Waals surface area contributed by atoms with E-state index in [2.05, 4.69) is 31.2 Å². The quantitative estimate of drug-likeness (QED) is 0.938. The maximum Gasteiger partial charge on any atom is 0.238 e. The lowest BCUT2D eigenvalue weighted by atomic mass is 10.3. The second-order valence-corrected chi connectivity index (χ2v) is 4.39. The van der Waals surface area contributed by atoms with Gasteiger partial charge in [0.25, 0.3) is 0 Å². The number of hydrogen-bond donors (Lipinski definition) is 1. The number of hydrogen-bond acceptors (Lipinski definition) is 4. The largest absolute Gasteiger partial charge is 0.436 e. The van der Waals surface area contributed by atoms with Gasteiger partial charge in [-0.1, -0.05) is 23.7 Å². The first kappa shape index (κ1) is 12.1. The van der Waals surface area contributed by atoms with Gasteiger partial charge < -0.3 is 10.1 Å². The van der Waals surface area contributed by atoms with Gasteiger partial charge in [-0.3, -0.25) is 0 Å². The first-order chi connectivity index (χ1) is 8.20. The Morgan fingerprint density at radius 1 is 1.35 bits per heavy atom. The number of aromatic nitrogens is 2. The van der Waals surface area contributed by atoms with Gasteiger partial charge in [-0.2, -0.15) is 4.98 Å². The third kappa shape index (κ3) is 2.87. The van der Waals surface area contributed by atoms with E-state index in [4.69, 9.17) is 16.3 Å². The van der Waals surface area contributed by atoms with Crippen molar-refractivity contribution in [2.24, 2.45) is 0 Å². The minimum Gasteiger partial charge on any atom is -0.436 e. The zero-order chi connectivity index (χ0) is 12.3. The molecule has 0 amide bonds. The molecule has 1 aromatic carbocycles. The molecule has 4 nitrogen and oxygen atoms in total. The molecule has 17 heavy (non-hydrogen) atoms. The molecule has 0 radical (unpaired) electrons. The van der Waals surface area contributed by atoms with E-state index in [1.807, 2.05) is 12.1 Å². The normalized spacial score (nSPS) is 10.1. The van der Waals surface area contributed by atoms with Gasteiger partial charge in [0.05, 0.1) is 15.7 Å². The summed E-state index contributed by atoms with van der Waals surface area (Å²) < 4.78 is 6.28. The van der Waals surface area contributed by atoms with Crippen molar-refractivity contribution in [1.82, 2.24) is 9.97 Å². The van der Waals surface area contributed by atoms with Crippen LogP contribution in [0, 0.1) is 0 Å². The number of anilines is 1. The fraction of sp³-hybridized carbons (Fsp3) is 0.0909. The predicted octanol–water partition coefficient (Wildman–Crippen LogP) is 3.73. The molecule has 2 rings (SSSR count). The molecule has 0 unspecified atom stereocenters. The first-order valence-electron chi connectivity index (χ1n) is 4.83. The molecule has 1 N–H and O–H groups in total. The van der Waals surface area contributed by atoms with Gasteiger partial charge in [0.15, 0.2) is 0 Å². The third-order valence-corrected chi connectivity index (χ3v) is 2.84. The molecular weight excluding hydrogens is 305 g/mol. The second-order valence-electron chi connectivity index (χ2n) is 3.13. The monoisotopic (exact) mass is 313 g/mol. The summed E-state index contributed by atoms with van der Waals surface area (Å²) in [5.74, 6) is 1.45. The number of halogens is 2. The maximum atomic E-state index is 6.00. The van der Waals surface area contributed by atoms with Crippen LogP contribution in [0.15, 0.2) is 34.9 Å². The van der Waals surface area contributed by atoms with Crippen LogP contribution in [0.4, 0.5) is 5.95 Å². The average Bonchev–Trinajstić information content (AvgIpc) is 2.35. The molecule has 2 aromatic rings. The fourth-order valence-electron chi connectivity index (χ4n) is 1.18. The van der Waals surface area contributed by atoms with Crippen LogP contribution in [0.5, 0.6) is 11.6 Å². The second kappa shape index (κ2) is 5.33. The number of nitrogens with one attached hydrogen (secondary N) is 1. The lowest BCUT2D eigenvalue weighted by Crippen LogP contribution is -1.98. The van der Waals surface area contributed by atoms with E-state index in [1.54, 1.807) is 25.4 Å². The summed E-state index contributed by atoms with van der Waals surface area (Å²) in [5.41, 5.74) is 0. The Bertz CT molecular complexity index is 536. The van der Waals surface area contributed by atoms with Crippen molar-refractivity contribution in [3.8, 4) is 11.6 Å². The Hall–Kier alpha value is -1.33. The van der Waals surface area contributed by atoms with Crippen molar-refractivity contribution >= 4 is 33.5 Å². The lowest BCUT2D eigenvalue weighted by Gasteiger charge is -2.08. The van der Waals surface area contributed by atoms with Gasteiger partial charge in [-0.15, -0.1) is 0 Å². The van der Waals surface area contributed by atoms with E-state index in [9.17, 15) is 0 Å². The number of nitrogens with zero attached hydrogens (tertiary/aromatic N) is 2. The number of ether oxygens (including phenoxy) is 1. The van der Waals surface area contributed by atoms with Crippen LogP contribution in [0.1, 0.15) is 0 Å². The molecule has 0 fully saturated rings. The standard InChI is InChI=1S/C11H9BrClN3O/c1-14-11-15-6-7(12)10(16-11)17-9-5-3-2-4-8(9)13/h2-6H,1H3,(H,14,15,16). The van der Waals surface area contributed by atoms with Crippen molar-refractivity contribution in [2.45, 2.75) is 0 Å². The molecule has 0 saturated carbocycles. The van der Waals surface area contributed by atoms with Gasteiger partial charge in [0.1, 0.15) is 5.75 Å². The van der Waals surface area contributed by atoms with E-state index in [1.165, 1.54) is 0 Å². The molecule has 88 valence electrons. The minimum atomic E-state index is 0.414. The Morgan fingerprint density at radius 2 is 2.12 bits per heavy atom. The van der Waals surface area contributed by atoms with Gasteiger partial charge in [-0.25, -0.2) is 4.98 Å². The maximum absolute atomic E-state index is 6.00. The van der Waals surface area contributed by atoms with Crippen molar-refractivity contribution in [2.75, 3.05) is 12.4 Å². The van der Waals surface area contributed by atoms with Crippen LogP contribution in [0.25, 0.3) is 0 Å². The summed E-state index contributed by atoms with van der Waals surface area (Å²) in [6, 6.07) is 7.21. The van der Waals surface area contributed by atoms with Gasteiger partial charge in [0, 0.05) is 7.05 Å². The summed E-state index contributed by atoms with van der Waals surface area (Å²) in [5, 5.41) is 3.37. The highest BCUT2D eigenvalue weighted by Crippen LogP contribution is 2.31. The summed E-state index contributed by atoms with van der Waals surface area (Å²) in [4.78, 5) is 8.22. The van der Waals surface area contributed by atoms with Crippen LogP contribution in [0.2, 0.25) is 5.02 Å². The van der Waals surface area contributed by atoms with E-state index < -0.39 is 0 Å². The van der Waals surface area contributed by atoms with E-state index in [0.717, 1.165) is 0 Å². The van der Waals surface area contributed by atoms with Crippen molar-refractivity contribution in [1.29, 1.82) is 0 Å². The van der Waals surface area contributed by atoms with Crippen molar-refractivity contribution in [3.05, 3.63) is 40.0 Å². The van der Waals surface area contributed by atoms with E-state index >= 15 is 0 Å². The summed E-state index contributed by atoms with van der Waals surface area (Å²) in [6.07, 6.45) is 1.62. The van der Waals surface area contributed by atoms with Crippen LogP contribution >= 0.6 is 27.5 Å². The molecular formula is C11H9BrClN3O. The van der Waals surface area contributed by atoms with Crippen LogP contribution in [-0.2, 0) is 0 Å². The highest BCUT2D eigenvalue weighted by atomic mass is 79.9. The molecule has 6 heteroatoms. The third-order valence-electron chi connectivity index (χ3n) is 1.98. The zero-order valence-electron chi connectivity index (χ0n) is 8.95. The Labute approximate surface area is 112 Å². The summed E-state index contributed by atoms with van der Waals surface area (Å²) in [6.45, 7) is 0. The smallest absolute Gasteiger partial charge is 0.238 e.